The highest BCUT2D eigenvalue weighted by Crippen LogP contribution is 2.37. The van der Waals surface area contributed by atoms with Crippen molar-refractivity contribution in [3.8, 4) is 5.88 Å². The highest BCUT2D eigenvalue weighted by atomic mass is 32.2. The largest absolute Gasteiger partial charge is 0.534 e. The van der Waals surface area contributed by atoms with Gasteiger partial charge in [0.1, 0.15) is 11.6 Å². The first kappa shape index (κ1) is 19.5. The number of aryl methyl sites for hydroxylation is 1. The van der Waals surface area contributed by atoms with Crippen LogP contribution in [0.5, 0.6) is 5.88 Å². The third kappa shape index (κ3) is 4.23. The highest BCUT2D eigenvalue weighted by molar-refractivity contribution is 7.87. The van der Waals surface area contributed by atoms with Crippen LogP contribution in [-0.2, 0) is 20.7 Å². The Bertz CT molecular complexity index is 776. The zero-order valence-corrected chi connectivity index (χ0v) is 14.9. The molecule has 1 heterocycles. The lowest BCUT2D eigenvalue weighted by Crippen LogP contribution is -2.26. The van der Waals surface area contributed by atoms with Crippen LogP contribution in [0.4, 0.5) is 13.2 Å². The summed E-state index contributed by atoms with van der Waals surface area (Å²) in [5.41, 5.74) is -3.81. The van der Waals surface area contributed by atoms with Crippen LogP contribution in [0, 0.1) is 6.92 Å². The summed E-state index contributed by atoms with van der Waals surface area (Å²) >= 11 is 0. The van der Waals surface area contributed by atoms with Crippen molar-refractivity contribution in [3.63, 3.8) is 0 Å². The van der Waals surface area contributed by atoms with Gasteiger partial charge in [-0.15, -0.1) is 0 Å². The maximum Gasteiger partial charge on any atom is 0.534 e. The Morgan fingerprint density at radius 2 is 2.00 bits per heavy atom. The van der Waals surface area contributed by atoms with E-state index in [0.29, 0.717) is 31.0 Å². The van der Waals surface area contributed by atoms with Gasteiger partial charge in [-0.3, -0.25) is 0 Å². The predicted octanol–water partition coefficient (Wildman–Crippen LogP) is 3.37. The van der Waals surface area contributed by atoms with Crippen molar-refractivity contribution in [2.24, 2.45) is 0 Å². The van der Waals surface area contributed by atoms with Gasteiger partial charge in [0.25, 0.3) is 0 Å². The summed E-state index contributed by atoms with van der Waals surface area (Å²) in [6, 6.07) is 0. The van der Waals surface area contributed by atoms with Crippen molar-refractivity contribution >= 4 is 10.1 Å². The minimum Gasteiger partial charge on any atom is -0.481 e. The van der Waals surface area contributed by atoms with Crippen molar-refractivity contribution in [1.29, 1.82) is 0 Å². The second-order valence-corrected chi connectivity index (χ2v) is 7.16. The van der Waals surface area contributed by atoms with Crippen molar-refractivity contribution in [2.45, 2.75) is 51.0 Å². The Morgan fingerprint density at radius 1 is 1.32 bits per heavy atom. The first-order chi connectivity index (χ1) is 11.6. The molecular formula is C15H19F3N2O4S. The normalized spacial score (nSPS) is 18.6. The molecule has 1 aliphatic carbocycles. The molecule has 1 aromatic heterocycles. The lowest BCUT2D eigenvalue weighted by molar-refractivity contribution is -0.0524. The topological polar surface area (TPSA) is 78.4 Å². The Labute approximate surface area is 144 Å². The molecule has 0 saturated carbocycles. The third-order valence-electron chi connectivity index (χ3n) is 3.92. The zero-order valence-electron chi connectivity index (χ0n) is 14.1. The van der Waals surface area contributed by atoms with E-state index >= 15 is 0 Å². The van der Waals surface area contributed by atoms with Gasteiger partial charge >= 0.3 is 15.6 Å². The number of nitrogens with zero attached hydrogens (tertiary/aromatic N) is 2. The summed E-state index contributed by atoms with van der Waals surface area (Å²) in [7, 11) is -4.11. The maximum absolute atomic E-state index is 12.4. The van der Waals surface area contributed by atoms with Gasteiger partial charge in [-0.05, 0) is 32.3 Å². The molecule has 1 unspecified atom stereocenters. The van der Waals surface area contributed by atoms with Crippen molar-refractivity contribution in [1.82, 2.24) is 9.97 Å². The molecule has 0 amide bonds. The number of hydrogen-bond acceptors (Lipinski definition) is 6. The van der Waals surface area contributed by atoms with Crippen molar-refractivity contribution in [2.75, 3.05) is 7.11 Å². The van der Waals surface area contributed by atoms with E-state index in [1.165, 1.54) is 13.2 Å². The molecule has 0 bridgehead atoms. The summed E-state index contributed by atoms with van der Waals surface area (Å²) in [6.45, 7) is 3.66. The Hall–Kier alpha value is -1.84. The van der Waals surface area contributed by atoms with Crippen LogP contribution in [0.15, 0.2) is 11.8 Å². The number of rotatable bonds is 5. The molecule has 0 fully saturated rings. The standard InChI is InChI=1S/C15H19F3N2O4S/c1-4-12-13(19-9(2)20-14(12)23-3)10-5-7-11(8-6-10)24-25(21,22)15(16,17)18/h7,10H,4-6,8H2,1-3H3. The van der Waals surface area contributed by atoms with E-state index in [9.17, 15) is 21.6 Å². The van der Waals surface area contributed by atoms with Crippen LogP contribution in [0.1, 0.15) is 49.2 Å². The fraction of sp³-hybridized carbons (Fsp3) is 0.600. The van der Waals surface area contributed by atoms with Gasteiger partial charge in [0.05, 0.1) is 12.8 Å². The van der Waals surface area contributed by atoms with E-state index in [1.807, 2.05) is 6.92 Å². The number of allylic oxidation sites excluding steroid dienone is 2. The first-order valence-electron chi connectivity index (χ1n) is 7.70. The molecule has 1 aliphatic rings. The van der Waals surface area contributed by atoms with E-state index in [2.05, 4.69) is 14.2 Å². The summed E-state index contributed by atoms with van der Waals surface area (Å²) in [5.74, 6) is 0.765. The number of methoxy groups -OCH3 is 1. The Kier molecular flexibility index (Phi) is 5.60. The molecule has 1 aromatic rings. The van der Waals surface area contributed by atoms with Gasteiger partial charge in [0.2, 0.25) is 5.88 Å². The van der Waals surface area contributed by atoms with Gasteiger partial charge in [0, 0.05) is 17.9 Å². The van der Waals surface area contributed by atoms with Crippen LogP contribution in [0.3, 0.4) is 0 Å². The minimum absolute atomic E-state index is 0.0634. The fourth-order valence-corrected chi connectivity index (χ4v) is 3.28. The second kappa shape index (κ2) is 7.19. The van der Waals surface area contributed by atoms with Crippen LogP contribution in [-0.4, -0.2) is 31.0 Å². The highest BCUT2D eigenvalue weighted by Gasteiger charge is 2.49. The zero-order chi connectivity index (χ0) is 18.8. The molecule has 25 heavy (non-hydrogen) atoms. The van der Waals surface area contributed by atoms with Gasteiger partial charge in [-0.25, -0.2) is 4.98 Å². The lowest BCUT2D eigenvalue weighted by atomic mass is 9.87. The van der Waals surface area contributed by atoms with Gasteiger partial charge in [-0.2, -0.15) is 26.6 Å². The van der Waals surface area contributed by atoms with Crippen molar-refractivity contribution in [3.05, 3.63) is 28.9 Å². The number of hydrogen-bond donors (Lipinski definition) is 0. The molecule has 0 radical (unpaired) electrons. The summed E-state index contributed by atoms with van der Waals surface area (Å²) in [5, 5.41) is 0. The van der Waals surface area contributed by atoms with Crippen molar-refractivity contribution < 1.29 is 30.5 Å². The minimum atomic E-state index is -5.62. The van der Waals surface area contributed by atoms with Crippen LogP contribution >= 0.6 is 0 Å². The fourth-order valence-electron chi connectivity index (χ4n) is 2.75. The summed E-state index contributed by atoms with van der Waals surface area (Å²) in [6.07, 6.45) is 2.85. The molecule has 140 valence electrons. The van der Waals surface area contributed by atoms with E-state index in [-0.39, 0.29) is 18.1 Å². The van der Waals surface area contributed by atoms with Crippen LogP contribution in [0.25, 0.3) is 0 Å². The lowest BCUT2D eigenvalue weighted by Gasteiger charge is -2.24. The van der Waals surface area contributed by atoms with Gasteiger partial charge < -0.3 is 8.92 Å². The molecule has 1 atom stereocenters. The monoisotopic (exact) mass is 380 g/mol. The summed E-state index contributed by atoms with van der Waals surface area (Å²) < 4.78 is 68.8. The number of aromatic nitrogens is 2. The second-order valence-electron chi connectivity index (χ2n) is 5.62. The maximum atomic E-state index is 12.4. The predicted molar refractivity (Wildman–Crippen MR) is 83.4 cm³/mol. The molecule has 0 spiro atoms. The number of halogens is 3. The quantitative estimate of drug-likeness (QED) is 0.576. The average molecular weight is 380 g/mol. The molecule has 0 aliphatic heterocycles. The molecule has 10 heteroatoms. The first-order valence-corrected chi connectivity index (χ1v) is 9.11. The van der Waals surface area contributed by atoms with Gasteiger partial charge in [0.15, 0.2) is 0 Å². The third-order valence-corrected chi connectivity index (χ3v) is 4.92. The van der Waals surface area contributed by atoms with E-state index in [1.54, 1.807) is 6.92 Å². The molecule has 0 aromatic carbocycles. The molecule has 6 nitrogen and oxygen atoms in total. The Morgan fingerprint density at radius 3 is 2.48 bits per heavy atom. The molecule has 0 N–H and O–H groups in total. The van der Waals surface area contributed by atoms with Crippen LogP contribution in [0.2, 0.25) is 0 Å². The smallest absolute Gasteiger partial charge is 0.481 e. The van der Waals surface area contributed by atoms with E-state index in [0.717, 1.165) is 11.3 Å². The molecule has 0 saturated heterocycles. The SMILES string of the molecule is CCc1c(OC)nc(C)nc1C1CC=C(OS(=O)(=O)C(F)(F)F)CC1. The van der Waals surface area contributed by atoms with Crippen LogP contribution < -0.4 is 4.74 Å². The Balaban J connectivity index is 2.22. The molecular weight excluding hydrogens is 361 g/mol. The molecule has 2 rings (SSSR count). The van der Waals surface area contributed by atoms with E-state index < -0.39 is 15.6 Å². The van der Waals surface area contributed by atoms with E-state index in [4.69, 9.17) is 4.74 Å². The average Bonchev–Trinajstić information content (AvgIpc) is 2.53. The number of ether oxygens (including phenoxy) is 1. The number of alkyl halides is 3. The van der Waals surface area contributed by atoms with Gasteiger partial charge in [-0.1, -0.05) is 6.92 Å². The summed E-state index contributed by atoms with van der Waals surface area (Å²) in [4.78, 5) is 8.69.